The number of hydrogen-bond acceptors (Lipinski definition) is 4. The number of hydrogen-bond donors (Lipinski definition) is 1. The van der Waals surface area contributed by atoms with Crippen LogP contribution in [0.4, 0.5) is 0 Å². The number of fused-ring (bicyclic) bond motifs is 1. The molecule has 2 fully saturated rings. The molecule has 0 aromatic heterocycles. The van der Waals surface area contributed by atoms with Crippen LogP contribution in [0.15, 0.2) is 0 Å². The largest absolute Gasteiger partial charge is 0.350 e. The first-order valence-corrected chi connectivity index (χ1v) is 6.38. The third kappa shape index (κ3) is 1.87. The number of nitrogens with one attached hydrogen (secondary N) is 1. The Balaban J connectivity index is 0.000000845. The first-order valence-electron chi connectivity index (χ1n) is 3.68. The maximum absolute atomic E-state index is 11.2. The molecule has 4 nitrogen and oxygen atoms in total. The van der Waals surface area contributed by atoms with Gasteiger partial charge >= 0.3 is 0 Å². The van der Waals surface area contributed by atoms with Gasteiger partial charge in [0.25, 0.3) is 0 Å². The monoisotopic (exact) mass is 286 g/mol. The van der Waals surface area contributed by atoms with Gasteiger partial charge in [-0.05, 0) is 0 Å². The molecule has 1 N–H and O–H groups in total. The maximum atomic E-state index is 11.2. The summed E-state index contributed by atoms with van der Waals surface area (Å²) in [5.41, 5.74) is 0. The topological polar surface area (TPSA) is 61.2 Å². The van der Waals surface area contributed by atoms with E-state index in [9.17, 15) is 8.42 Å². The lowest BCUT2D eigenvalue weighted by Gasteiger charge is -2.16. The zero-order valence-electron chi connectivity index (χ0n) is 7.06. The van der Waals surface area contributed by atoms with Crippen molar-refractivity contribution in [1.82, 2.24) is 4.90 Å². The van der Waals surface area contributed by atoms with Crippen molar-refractivity contribution in [2.75, 3.05) is 18.6 Å². The van der Waals surface area contributed by atoms with Crippen LogP contribution in [0.25, 0.3) is 0 Å². The van der Waals surface area contributed by atoms with Crippen LogP contribution >= 0.6 is 28.7 Å². The van der Waals surface area contributed by atoms with E-state index in [1.54, 1.807) is 11.9 Å². The van der Waals surface area contributed by atoms with Gasteiger partial charge in [0, 0.05) is 12.3 Å². The van der Waals surface area contributed by atoms with Gasteiger partial charge in [-0.25, -0.2) is 8.42 Å². The van der Waals surface area contributed by atoms with E-state index < -0.39 is 9.84 Å². The van der Waals surface area contributed by atoms with E-state index in [2.05, 4.69) is 0 Å². The minimum atomic E-state index is -2.82. The fourth-order valence-corrected chi connectivity index (χ4v) is 5.52. The van der Waals surface area contributed by atoms with Crippen molar-refractivity contribution in [2.45, 2.75) is 11.3 Å². The smallest absolute Gasteiger partial charge is 0.156 e. The Morgan fingerprint density at radius 2 is 2.15 bits per heavy atom. The Morgan fingerprint density at radius 1 is 1.54 bits per heavy atom. The third-order valence-corrected chi connectivity index (χ3v) is 5.58. The van der Waals surface area contributed by atoms with Crippen molar-refractivity contribution in [2.24, 2.45) is 0 Å². The lowest BCUT2D eigenvalue weighted by molar-refractivity contribution is 0.422. The Morgan fingerprint density at radius 3 is 2.69 bits per heavy atom. The summed E-state index contributed by atoms with van der Waals surface area (Å²) in [5.74, 6) is 0.471. The number of nitrogens with zero attached hydrogens (tertiary/aromatic N) is 1. The number of rotatable bonds is 0. The minimum Gasteiger partial charge on any atom is -0.350 e. The van der Waals surface area contributed by atoms with Gasteiger partial charge in [0.15, 0.2) is 15.0 Å². The molecule has 2 aliphatic heterocycles. The molecular formula is C6H11BrN2O2S2. The predicted octanol–water partition coefficient (Wildman–Crippen LogP) is 0.343. The van der Waals surface area contributed by atoms with E-state index in [4.69, 9.17) is 5.41 Å². The number of halogens is 1. The molecule has 0 aromatic rings. The molecule has 13 heavy (non-hydrogen) atoms. The molecular weight excluding hydrogens is 276 g/mol. The van der Waals surface area contributed by atoms with Crippen LogP contribution in [-0.2, 0) is 9.84 Å². The van der Waals surface area contributed by atoms with Crippen LogP contribution in [0.1, 0.15) is 0 Å². The van der Waals surface area contributed by atoms with E-state index in [0.717, 1.165) is 0 Å². The van der Waals surface area contributed by atoms with Gasteiger partial charge in [-0.1, -0.05) is 11.8 Å². The average molecular weight is 287 g/mol. The van der Waals surface area contributed by atoms with Crippen LogP contribution in [0, 0.1) is 5.41 Å². The number of thioether (sulfide) groups is 1. The van der Waals surface area contributed by atoms with Crippen molar-refractivity contribution in [3.63, 3.8) is 0 Å². The van der Waals surface area contributed by atoms with Crippen molar-refractivity contribution >= 4 is 43.7 Å². The Labute approximate surface area is 92.3 Å². The van der Waals surface area contributed by atoms with Crippen LogP contribution in [0.3, 0.4) is 0 Å². The first kappa shape index (κ1) is 11.3. The molecule has 0 aromatic carbocycles. The summed E-state index contributed by atoms with van der Waals surface area (Å²) < 4.78 is 22.4. The summed E-state index contributed by atoms with van der Waals surface area (Å²) in [6.07, 6.45) is 0. The van der Waals surface area contributed by atoms with Gasteiger partial charge in [0.1, 0.15) is 0 Å². The molecule has 0 bridgehead atoms. The van der Waals surface area contributed by atoms with Gasteiger partial charge in [-0.3, -0.25) is 5.41 Å². The normalized spacial score (nSPS) is 35.8. The zero-order chi connectivity index (χ0) is 8.93. The highest BCUT2D eigenvalue weighted by atomic mass is 79.9. The molecule has 76 valence electrons. The van der Waals surface area contributed by atoms with Crippen LogP contribution in [0.2, 0.25) is 0 Å². The maximum Gasteiger partial charge on any atom is 0.156 e. The standard InChI is InChI=1S/C6H10N2O2S2.BrH/c1-8-4-2-12(9,10)3-5(4)11-6(8)7;/h4-5,7H,2-3H2,1H3;1H/t4-,5+;/m0./s1. The van der Waals surface area contributed by atoms with Crippen molar-refractivity contribution in [3.05, 3.63) is 0 Å². The average Bonchev–Trinajstić information content (AvgIpc) is 2.33. The zero-order valence-corrected chi connectivity index (χ0v) is 10.4. The van der Waals surface area contributed by atoms with E-state index in [0.29, 0.717) is 5.17 Å². The van der Waals surface area contributed by atoms with Crippen molar-refractivity contribution in [3.8, 4) is 0 Å². The summed E-state index contributed by atoms with van der Waals surface area (Å²) in [7, 11) is -1.03. The number of sulfone groups is 1. The molecule has 7 heteroatoms. The van der Waals surface area contributed by atoms with Gasteiger partial charge in [-0.2, -0.15) is 0 Å². The fraction of sp³-hybridized carbons (Fsp3) is 0.833. The van der Waals surface area contributed by atoms with E-state index in [1.807, 2.05) is 0 Å². The Hall–Kier alpha value is 0.250. The lowest BCUT2D eigenvalue weighted by atomic mass is 10.2. The molecule has 2 heterocycles. The highest BCUT2D eigenvalue weighted by Crippen LogP contribution is 2.35. The molecule has 2 rings (SSSR count). The second-order valence-corrected chi connectivity index (χ2v) is 6.60. The second kappa shape index (κ2) is 3.43. The summed E-state index contributed by atoms with van der Waals surface area (Å²) in [6, 6.07) is 0.0486. The molecule has 2 saturated heterocycles. The molecule has 0 amide bonds. The van der Waals surface area contributed by atoms with E-state index in [1.165, 1.54) is 11.8 Å². The van der Waals surface area contributed by atoms with Gasteiger partial charge in [-0.15, -0.1) is 17.0 Å². The lowest BCUT2D eigenvalue weighted by Crippen LogP contribution is -2.33. The van der Waals surface area contributed by atoms with Gasteiger partial charge in [0.2, 0.25) is 0 Å². The van der Waals surface area contributed by atoms with Crippen LogP contribution in [0.5, 0.6) is 0 Å². The SMILES string of the molecule is Br.CN1C(=N)S[C@@H]2CS(=O)(=O)C[C@@H]21. The third-order valence-electron chi connectivity index (χ3n) is 2.35. The summed E-state index contributed by atoms with van der Waals surface area (Å²) >= 11 is 1.38. The second-order valence-electron chi connectivity index (χ2n) is 3.22. The predicted molar refractivity (Wildman–Crippen MR) is 59.6 cm³/mol. The molecule has 2 atom stereocenters. The molecule has 2 aliphatic rings. The van der Waals surface area contributed by atoms with Crippen LogP contribution < -0.4 is 0 Å². The minimum absolute atomic E-state index is 0. The Kier molecular flexibility index (Phi) is 2.99. The van der Waals surface area contributed by atoms with Crippen molar-refractivity contribution in [1.29, 1.82) is 5.41 Å². The summed E-state index contributed by atoms with van der Waals surface area (Å²) in [5, 5.41) is 8.08. The van der Waals surface area contributed by atoms with Crippen molar-refractivity contribution < 1.29 is 8.42 Å². The van der Waals surface area contributed by atoms with E-state index >= 15 is 0 Å². The molecule has 0 spiro atoms. The van der Waals surface area contributed by atoms with Gasteiger partial charge in [0.05, 0.1) is 17.5 Å². The quantitative estimate of drug-likeness (QED) is 0.698. The van der Waals surface area contributed by atoms with E-state index in [-0.39, 0.29) is 39.8 Å². The first-order chi connectivity index (χ1) is 5.49. The molecule has 0 unspecified atom stereocenters. The highest BCUT2D eigenvalue weighted by molar-refractivity contribution is 8.93. The molecule has 0 aliphatic carbocycles. The highest BCUT2D eigenvalue weighted by Gasteiger charge is 2.46. The number of amidine groups is 1. The van der Waals surface area contributed by atoms with Crippen LogP contribution in [-0.4, -0.2) is 48.3 Å². The van der Waals surface area contributed by atoms with Gasteiger partial charge < -0.3 is 4.90 Å². The Bertz CT molecular complexity index is 330. The summed E-state index contributed by atoms with van der Waals surface area (Å²) in [4.78, 5) is 1.76. The summed E-state index contributed by atoms with van der Waals surface area (Å²) in [6.45, 7) is 0. The molecule has 0 saturated carbocycles. The fourth-order valence-electron chi connectivity index (χ4n) is 1.65. The molecule has 0 radical (unpaired) electrons.